The number of aromatic hydroxyl groups is 1. The number of nitrogens with zero attached hydrogens (tertiary/aromatic N) is 1. The van der Waals surface area contributed by atoms with Crippen LogP contribution in [0.25, 0.3) is 0 Å². The van der Waals surface area contributed by atoms with Crippen LogP contribution in [-0.2, 0) is 0 Å². The number of phenolic OH excluding ortho intramolecular Hbond substituents is 1. The van der Waals surface area contributed by atoms with Gasteiger partial charge in [-0.1, -0.05) is 0 Å². The quantitative estimate of drug-likeness (QED) is 0.609. The van der Waals surface area contributed by atoms with E-state index in [0.717, 1.165) is 17.1 Å². The van der Waals surface area contributed by atoms with Crippen LogP contribution < -0.4 is 21.1 Å². The molecule has 5 N–H and O–H groups in total. The van der Waals surface area contributed by atoms with Gasteiger partial charge >= 0.3 is 0 Å². The average molecular weight is 248 g/mol. The molecule has 1 unspecified atom stereocenters. The summed E-state index contributed by atoms with van der Waals surface area (Å²) in [5.74, 6) is 1.29. The Hall–Kier alpha value is -2.21. The Balaban J connectivity index is 2.39. The number of rotatable bonds is 3. The molecular formula is C12H16N4O2. The lowest BCUT2D eigenvalue weighted by atomic mass is 10.1. The van der Waals surface area contributed by atoms with E-state index in [1.807, 2.05) is 6.08 Å². The number of ether oxygens (including phenoxy) is 1. The maximum atomic E-state index is 9.55. The molecule has 2 rings (SSSR count). The van der Waals surface area contributed by atoms with Crippen molar-refractivity contribution in [2.45, 2.75) is 6.29 Å². The Kier molecular flexibility index (Phi) is 3.38. The molecule has 0 aromatic heterocycles. The summed E-state index contributed by atoms with van der Waals surface area (Å²) in [6.45, 7) is 0. The molecule has 0 saturated heterocycles. The van der Waals surface area contributed by atoms with Gasteiger partial charge in [0.05, 0.1) is 12.8 Å². The van der Waals surface area contributed by atoms with E-state index < -0.39 is 6.29 Å². The summed E-state index contributed by atoms with van der Waals surface area (Å²) in [5, 5.41) is 15.5. The average Bonchev–Trinajstić information content (AvgIpc) is 2.38. The molecule has 0 amide bonds. The van der Waals surface area contributed by atoms with E-state index in [4.69, 9.17) is 10.5 Å². The minimum Gasteiger partial charge on any atom is -0.504 e. The Morgan fingerprint density at radius 2 is 2.28 bits per heavy atom. The Morgan fingerprint density at radius 1 is 1.50 bits per heavy atom. The SMILES string of the molecule is CNC1=CC(c2ccc(O)c(OC)c2)=NC(N)N1. The van der Waals surface area contributed by atoms with Gasteiger partial charge in [-0.3, -0.25) is 5.73 Å². The molecular weight excluding hydrogens is 232 g/mol. The second-order valence-corrected chi connectivity index (χ2v) is 3.80. The van der Waals surface area contributed by atoms with Gasteiger partial charge in [0.1, 0.15) is 5.82 Å². The monoisotopic (exact) mass is 248 g/mol. The predicted molar refractivity (Wildman–Crippen MR) is 69.4 cm³/mol. The van der Waals surface area contributed by atoms with E-state index in [-0.39, 0.29) is 5.75 Å². The van der Waals surface area contributed by atoms with Crippen molar-refractivity contribution in [1.29, 1.82) is 0 Å². The third-order valence-electron chi connectivity index (χ3n) is 2.61. The molecule has 6 nitrogen and oxygen atoms in total. The third kappa shape index (κ3) is 2.38. The number of hydrogen-bond donors (Lipinski definition) is 4. The molecule has 1 aliphatic rings. The zero-order chi connectivity index (χ0) is 13.1. The zero-order valence-electron chi connectivity index (χ0n) is 10.3. The number of phenols is 1. The van der Waals surface area contributed by atoms with Gasteiger partial charge in [-0.25, -0.2) is 4.99 Å². The number of allylic oxidation sites excluding steroid dienone is 1. The van der Waals surface area contributed by atoms with Gasteiger partial charge in [-0.2, -0.15) is 0 Å². The summed E-state index contributed by atoms with van der Waals surface area (Å²) >= 11 is 0. The summed E-state index contributed by atoms with van der Waals surface area (Å²) in [6.07, 6.45) is 1.35. The van der Waals surface area contributed by atoms with Crippen LogP contribution in [0.1, 0.15) is 5.56 Å². The van der Waals surface area contributed by atoms with Gasteiger partial charge < -0.3 is 20.5 Å². The minimum atomic E-state index is -0.493. The number of nitrogens with one attached hydrogen (secondary N) is 2. The molecule has 0 radical (unpaired) electrons. The summed E-state index contributed by atoms with van der Waals surface area (Å²) < 4.78 is 5.07. The van der Waals surface area contributed by atoms with Crippen molar-refractivity contribution >= 4 is 5.71 Å². The Labute approximate surface area is 105 Å². The summed E-state index contributed by atoms with van der Waals surface area (Å²) in [7, 11) is 3.30. The first-order valence-corrected chi connectivity index (χ1v) is 5.51. The van der Waals surface area contributed by atoms with Gasteiger partial charge in [0.2, 0.25) is 0 Å². The lowest BCUT2D eigenvalue weighted by Gasteiger charge is -2.20. The fourth-order valence-corrected chi connectivity index (χ4v) is 1.70. The van der Waals surface area contributed by atoms with E-state index in [2.05, 4.69) is 15.6 Å². The first-order chi connectivity index (χ1) is 8.63. The molecule has 18 heavy (non-hydrogen) atoms. The molecule has 1 heterocycles. The van der Waals surface area contributed by atoms with Gasteiger partial charge in [0.25, 0.3) is 0 Å². The van der Waals surface area contributed by atoms with Crippen molar-refractivity contribution in [3.63, 3.8) is 0 Å². The number of benzene rings is 1. The van der Waals surface area contributed by atoms with E-state index in [1.54, 1.807) is 25.2 Å². The van der Waals surface area contributed by atoms with E-state index in [0.29, 0.717) is 5.75 Å². The van der Waals surface area contributed by atoms with Crippen LogP contribution >= 0.6 is 0 Å². The standard InChI is InChI=1S/C12H16N4O2/c1-14-11-6-8(15-12(13)16-11)7-3-4-9(17)10(5-7)18-2/h3-6,12,14,16-17H,13H2,1-2H3. The third-order valence-corrected chi connectivity index (χ3v) is 2.61. The Bertz CT molecular complexity index is 511. The van der Waals surface area contributed by atoms with Crippen LogP contribution in [0.3, 0.4) is 0 Å². The summed E-state index contributed by atoms with van der Waals surface area (Å²) in [6, 6.07) is 5.05. The smallest absolute Gasteiger partial charge is 0.173 e. The number of hydrogen-bond acceptors (Lipinski definition) is 6. The maximum absolute atomic E-state index is 9.55. The van der Waals surface area contributed by atoms with Crippen LogP contribution in [0.4, 0.5) is 0 Å². The fourth-order valence-electron chi connectivity index (χ4n) is 1.70. The van der Waals surface area contributed by atoms with Crippen LogP contribution in [-0.4, -0.2) is 31.3 Å². The van der Waals surface area contributed by atoms with Crippen LogP contribution in [0.2, 0.25) is 0 Å². The predicted octanol–water partition coefficient (Wildman–Crippen LogP) is 0.0962. The molecule has 0 saturated carbocycles. The van der Waals surface area contributed by atoms with Gasteiger partial charge in [0.15, 0.2) is 17.8 Å². The molecule has 0 aliphatic carbocycles. The molecule has 1 atom stereocenters. The molecule has 1 aliphatic heterocycles. The van der Waals surface area contributed by atoms with Crippen LogP contribution in [0, 0.1) is 0 Å². The summed E-state index contributed by atoms with van der Waals surface area (Å²) in [4.78, 5) is 4.29. The van der Waals surface area contributed by atoms with Crippen molar-refractivity contribution in [1.82, 2.24) is 10.6 Å². The molecule has 96 valence electrons. The highest BCUT2D eigenvalue weighted by molar-refractivity contribution is 6.09. The number of methoxy groups -OCH3 is 1. The lowest BCUT2D eigenvalue weighted by molar-refractivity contribution is 0.373. The number of aliphatic imine (C=N–C) groups is 1. The molecule has 0 bridgehead atoms. The van der Waals surface area contributed by atoms with Gasteiger partial charge in [-0.05, 0) is 18.2 Å². The van der Waals surface area contributed by atoms with Crippen LogP contribution in [0.5, 0.6) is 11.5 Å². The second-order valence-electron chi connectivity index (χ2n) is 3.80. The van der Waals surface area contributed by atoms with E-state index >= 15 is 0 Å². The van der Waals surface area contributed by atoms with Crippen molar-refractivity contribution < 1.29 is 9.84 Å². The fraction of sp³-hybridized carbons (Fsp3) is 0.250. The highest BCUT2D eigenvalue weighted by Crippen LogP contribution is 2.27. The molecule has 6 heteroatoms. The first kappa shape index (κ1) is 12.3. The molecule has 0 spiro atoms. The molecule has 0 fully saturated rings. The van der Waals surface area contributed by atoms with Gasteiger partial charge in [-0.15, -0.1) is 0 Å². The molecule has 1 aromatic carbocycles. The van der Waals surface area contributed by atoms with Crippen molar-refractivity contribution in [2.75, 3.05) is 14.2 Å². The largest absolute Gasteiger partial charge is 0.504 e. The molecule has 1 aromatic rings. The van der Waals surface area contributed by atoms with Crippen molar-refractivity contribution in [3.8, 4) is 11.5 Å². The van der Waals surface area contributed by atoms with Crippen molar-refractivity contribution in [3.05, 3.63) is 35.7 Å². The van der Waals surface area contributed by atoms with Gasteiger partial charge in [0, 0.05) is 18.7 Å². The van der Waals surface area contributed by atoms with Crippen LogP contribution in [0.15, 0.2) is 35.1 Å². The second kappa shape index (κ2) is 4.97. The highest BCUT2D eigenvalue weighted by atomic mass is 16.5. The minimum absolute atomic E-state index is 0.0953. The normalized spacial score (nSPS) is 18.5. The zero-order valence-corrected chi connectivity index (χ0v) is 10.3. The van der Waals surface area contributed by atoms with E-state index in [9.17, 15) is 5.11 Å². The number of nitrogens with two attached hydrogens (primary N) is 1. The van der Waals surface area contributed by atoms with Crippen molar-refractivity contribution in [2.24, 2.45) is 10.7 Å². The van der Waals surface area contributed by atoms with E-state index in [1.165, 1.54) is 7.11 Å². The first-order valence-electron chi connectivity index (χ1n) is 5.51. The highest BCUT2D eigenvalue weighted by Gasteiger charge is 2.13. The lowest BCUT2D eigenvalue weighted by Crippen LogP contribution is -2.42. The Morgan fingerprint density at radius 3 is 2.94 bits per heavy atom. The topological polar surface area (TPSA) is 91.9 Å². The summed E-state index contributed by atoms with van der Waals surface area (Å²) in [5.41, 5.74) is 7.32. The maximum Gasteiger partial charge on any atom is 0.173 e.